The maximum Gasteiger partial charge on any atom is 0.254 e. The number of hydrogen-bond acceptors (Lipinski definition) is 4. The summed E-state index contributed by atoms with van der Waals surface area (Å²) in [5, 5.41) is 0.671. The lowest BCUT2D eigenvalue weighted by molar-refractivity contribution is 0.0746. The van der Waals surface area contributed by atoms with Crippen molar-refractivity contribution in [3.05, 3.63) is 58.9 Å². The van der Waals surface area contributed by atoms with Crippen LogP contribution in [0.1, 0.15) is 29.6 Å². The molecule has 31 heavy (non-hydrogen) atoms. The molecule has 2 saturated heterocycles. The lowest BCUT2D eigenvalue weighted by Gasteiger charge is -2.36. The Bertz CT molecular complexity index is 1050. The highest BCUT2D eigenvalue weighted by Gasteiger charge is 2.30. The Morgan fingerprint density at radius 1 is 0.871 bits per heavy atom. The van der Waals surface area contributed by atoms with Crippen LogP contribution < -0.4 is 4.90 Å². The van der Waals surface area contributed by atoms with Crippen molar-refractivity contribution in [1.29, 1.82) is 0 Å². The fourth-order valence-electron chi connectivity index (χ4n) is 4.08. The van der Waals surface area contributed by atoms with E-state index < -0.39 is 20.7 Å². The van der Waals surface area contributed by atoms with Crippen LogP contribution in [-0.2, 0) is 10.0 Å². The standard InChI is InChI=1S/C22H25ClFN3O3S/c23-18-5-7-19(8-6-18)25-12-14-26(15-13-25)22(28)17-4-9-20(24)21(16-17)31(29,30)27-10-2-1-3-11-27/h4-9,16H,1-3,10-15H2. The molecule has 4 rings (SSSR count). The van der Waals surface area contributed by atoms with Crippen LogP contribution in [0.4, 0.5) is 10.1 Å². The number of rotatable bonds is 4. The van der Waals surface area contributed by atoms with E-state index in [0.29, 0.717) is 44.3 Å². The average molecular weight is 466 g/mol. The van der Waals surface area contributed by atoms with Gasteiger partial charge in [-0.15, -0.1) is 0 Å². The number of benzene rings is 2. The van der Waals surface area contributed by atoms with E-state index in [4.69, 9.17) is 11.6 Å². The molecule has 0 aromatic heterocycles. The third-order valence-corrected chi connectivity index (χ3v) is 8.04. The Balaban J connectivity index is 1.48. The number of sulfonamides is 1. The van der Waals surface area contributed by atoms with Gasteiger partial charge in [-0.1, -0.05) is 18.0 Å². The van der Waals surface area contributed by atoms with Gasteiger partial charge in [0.1, 0.15) is 10.7 Å². The lowest BCUT2D eigenvalue weighted by Crippen LogP contribution is -2.48. The summed E-state index contributed by atoms with van der Waals surface area (Å²) in [6.07, 6.45) is 2.49. The van der Waals surface area contributed by atoms with Crippen molar-refractivity contribution in [2.24, 2.45) is 0 Å². The SMILES string of the molecule is O=C(c1ccc(F)c(S(=O)(=O)N2CCCCC2)c1)N1CCN(c2ccc(Cl)cc2)CC1. The molecule has 166 valence electrons. The van der Waals surface area contributed by atoms with Crippen molar-refractivity contribution in [2.75, 3.05) is 44.2 Å². The van der Waals surface area contributed by atoms with Gasteiger partial charge in [-0.05, 0) is 55.3 Å². The molecule has 0 saturated carbocycles. The molecule has 2 aliphatic heterocycles. The minimum absolute atomic E-state index is 0.192. The van der Waals surface area contributed by atoms with Crippen molar-refractivity contribution >= 4 is 33.2 Å². The van der Waals surface area contributed by atoms with Crippen LogP contribution in [0, 0.1) is 5.82 Å². The zero-order valence-electron chi connectivity index (χ0n) is 17.1. The van der Waals surface area contributed by atoms with Crippen LogP contribution in [-0.4, -0.2) is 62.8 Å². The molecule has 2 aromatic rings. The number of carbonyl (C=O) groups is 1. The van der Waals surface area contributed by atoms with Gasteiger partial charge in [-0.2, -0.15) is 4.31 Å². The topological polar surface area (TPSA) is 60.9 Å². The average Bonchev–Trinajstić information content (AvgIpc) is 2.80. The van der Waals surface area contributed by atoms with Crippen molar-refractivity contribution in [3.63, 3.8) is 0 Å². The summed E-state index contributed by atoms with van der Waals surface area (Å²) in [6.45, 7) is 3.04. The number of hydrogen-bond donors (Lipinski definition) is 0. The van der Waals surface area contributed by atoms with Gasteiger partial charge in [0.05, 0.1) is 0 Å². The number of anilines is 1. The summed E-state index contributed by atoms with van der Waals surface area (Å²) in [5.74, 6) is -1.11. The highest BCUT2D eigenvalue weighted by Crippen LogP contribution is 2.25. The van der Waals surface area contributed by atoms with Gasteiger partial charge >= 0.3 is 0 Å². The maximum atomic E-state index is 14.4. The number of nitrogens with zero attached hydrogens (tertiary/aromatic N) is 3. The molecule has 1 amide bonds. The summed E-state index contributed by atoms with van der Waals surface area (Å²) in [5.41, 5.74) is 1.23. The highest BCUT2D eigenvalue weighted by atomic mass is 35.5. The maximum absolute atomic E-state index is 14.4. The number of amides is 1. The second-order valence-corrected chi connectivity index (χ2v) is 10.2. The molecule has 0 unspecified atom stereocenters. The minimum atomic E-state index is -3.96. The van der Waals surface area contributed by atoms with E-state index in [-0.39, 0.29) is 11.5 Å². The van der Waals surface area contributed by atoms with E-state index in [1.807, 2.05) is 24.3 Å². The van der Waals surface area contributed by atoms with E-state index in [1.54, 1.807) is 4.90 Å². The van der Waals surface area contributed by atoms with Crippen molar-refractivity contribution in [2.45, 2.75) is 24.2 Å². The quantitative estimate of drug-likeness (QED) is 0.692. The molecular weight excluding hydrogens is 441 g/mol. The molecule has 2 aliphatic rings. The van der Waals surface area contributed by atoms with Crippen LogP contribution in [0.2, 0.25) is 5.02 Å². The minimum Gasteiger partial charge on any atom is -0.368 e. The molecule has 2 heterocycles. The number of piperidine rings is 1. The normalized spacial score (nSPS) is 18.3. The molecule has 0 aliphatic carbocycles. The van der Waals surface area contributed by atoms with Crippen LogP contribution in [0.3, 0.4) is 0 Å². The van der Waals surface area contributed by atoms with Gasteiger partial charge in [-0.3, -0.25) is 4.79 Å². The summed E-state index contributed by atoms with van der Waals surface area (Å²) < 4.78 is 41.6. The molecule has 0 spiro atoms. The molecule has 0 N–H and O–H groups in total. The van der Waals surface area contributed by atoms with Gasteiger partial charge in [0.25, 0.3) is 5.91 Å². The zero-order valence-corrected chi connectivity index (χ0v) is 18.7. The second kappa shape index (κ2) is 9.14. The molecule has 9 heteroatoms. The Labute approximate surface area is 187 Å². The Hall–Kier alpha value is -2.16. The molecule has 0 bridgehead atoms. The third kappa shape index (κ3) is 4.71. The number of carbonyl (C=O) groups excluding carboxylic acids is 1. The molecule has 6 nitrogen and oxygen atoms in total. The Morgan fingerprint density at radius 2 is 1.52 bits per heavy atom. The molecule has 2 aromatic carbocycles. The fourth-order valence-corrected chi connectivity index (χ4v) is 5.81. The van der Waals surface area contributed by atoms with E-state index in [2.05, 4.69) is 4.90 Å². The van der Waals surface area contributed by atoms with Crippen molar-refractivity contribution in [1.82, 2.24) is 9.21 Å². The van der Waals surface area contributed by atoms with Gasteiger partial charge in [0.15, 0.2) is 0 Å². The van der Waals surface area contributed by atoms with Crippen LogP contribution in [0.25, 0.3) is 0 Å². The fraction of sp³-hybridized carbons (Fsp3) is 0.409. The lowest BCUT2D eigenvalue weighted by atomic mass is 10.1. The van der Waals surface area contributed by atoms with Gasteiger partial charge in [0, 0.05) is 55.5 Å². The Kier molecular flexibility index (Phi) is 6.50. The van der Waals surface area contributed by atoms with E-state index in [1.165, 1.54) is 16.4 Å². The molecule has 0 atom stereocenters. The summed E-state index contributed by atoms with van der Waals surface area (Å²) >= 11 is 5.94. The smallest absolute Gasteiger partial charge is 0.254 e. The molecule has 0 radical (unpaired) electrons. The summed E-state index contributed by atoms with van der Waals surface area (Å²) in [6, 6.07) is 11.2. The largest absolute Gasteiger partial charge is 0.368 e. The first-order valence-electron chi connectivity index (χ1n) is 10.5. The highest BCUT2D eigenvalue weighted by molar-refractivity contribution is 7.89. The summed E-state index contributed by atoms with van der Waals surface area (Å²) in [4.78, 5) is 16.4. The monoisotopic (exact) mass is 465 g/mol. The second-order valence-electron chi connectivity index (χ2n) is 7.87. The zero-order chi connectivity index (χ0) is 22.0. The Morgan fingerprint density at radius 3 is 2.16 bits per heavy atom. The van der Waals surface area contributed by atoms with Crippen LogP contribution >= 0.6 is 11.6 Å². The number of piperazine rings is 1. The van der Waals surface area contributed by atoms with Gasteiger partial charge < -0.3 is 9.80 Å². The first-order chi connectivity index (χ1) is 14.9. The van der Waals surface area contributed by atoms with E-state index in [0.717, 1.165) is 31.0 Å². The first kappa shape index (κ1) is 22.0. The van der Waals surface area contributed by atoms with Gasteiger partial charge in [-0.25, -0.2) is 12.8 Å². The van der Waals surface area contributed by atoms with Crippen molar-refractivity contribution in [3.8, 4) is 0 Å². The van der Waals surface area contributed by atoms with Crippen LogP contribution in [0.5, 0.6) is 0 Å². The predicted molar refractivity (Wildman–Crippen MR) is 119 cm³/mol. The van der Waals surface area contributed by atoms with Crippen molar-refractivity contribution < 1.29 is 17.6 Å². The first-order valence-corrected chi connectivity index (χ1v) is 12.3. The molecule has 2 fully saturated rings. The van der Waals surface area contributed by atoms with E-state index in [9.17, 15) is 17.6 Å². The third-order valence-electron chi connectivity index (χ3n) is 5.87. The number of halogens is 2. The van der Waals surface area contributed by atoms with Crippen LogP contribution in [0.15, 0.2) is 47.4 Å². The summed E-state index contributed by atoms with van der Waals surface area (Å²) in [7, 11) is -3.96. The predicted octanol–water partition coefficient (Wildman–Crippen LogP) is 3.62. The van der Waals surface area contributed by atoms with Gasteiger partial charge in [0.2, 0.25) is 10.0 Å². The molecular formula is C22H25ClFN3O3S. The van der Waals surface area contributed by atoms with E-state index >= 15 is 0 Å².